The summed E-state index contributed by atoms with van der Waals surface area (Å²) in [7, 11) is 0. The van der Waals surface area contributed by atoms with E-state index >= 15 is 0 Å². The summed E-state index contributed by atoms with van der Waals surface area (Å²) in [6.07, 6.45) is 5.53. The van der Waals surface area contributed by atoms with Gasteiger partial charge in [0, 0.05) is 17.1 Å². The Morgan fingerprint density at radius 2 is 2.11 bits per heavy atom. The van der Waals surface area contributed by atoms with Crippen LogP contribution in [0.2, 0.25) is 0 Å². The molecule has 2 aliphatic rings. The molecule has 0 spiro atoms. The topological polar surface area (TPSA) is 32.3 Å². The van der Waals surface area contributed by atoms with Gasteiger partial charge in [0.15, 0.2) is 0 Å². The molecule has 0 aliphatic heterocycles. The van der Waals surface area contributed by atoms with Crippen LogP contribution < -0.4 is 5.32 Å². The first kappa shape index (κ1) is 12.6. The van der Waals surface area contributed by atoms with Crippen LogP contribution in [-0.4, -0.2) is 23.3 Å². The molecular formula is C15H20BrNO. The summed E-state index contributed by atoms with van der Waals surface area (Å²) in [4.78, 5) is 0. The Labute approximate surface area is 117 Å². The molecule has 3 heteroatoms. The van der Waals surface area contributed by atoms with Crippen LogP contribution in [0.1, 0.15) is 43.6 Å². The van der Waals surface area contributed by atoms with Crippen LogP contribution in [0.15, 0.2) is 28.7 Å². The molecule has 98 valence electrons. The largest absolute Gasteiger partial charge is 0.389 e. The third-order valence-electron chi connectivity index (χ3n) is 4.46. The number of aliphatic hydroxyl groups is 1. The number of rotatable bonds is 4. The lowest BCUT2D eigenvalue weighted by atomic mass is 9.74. The number of hydrogen-bond donors (Lipinski definition) is 2. The molecule has 0 atom stereocenters. The molecule has 0 radical (unpaired) electrons. The average Bonchev–Trinajstić information content (AvgIpc) is 2.24. The van der Waals surface area contributed by atoms with Crippen LogP contribution in [0.5, 0.6) is 0 Å². The average molecular weight is 310 g/mol. The zero-order chi connectivity index (χ0) is 12.6. The molecule has 2 nitrogen and oxygen atoms in total. The van der Waals surface area contributed by atoms with Gasteiger partial charge in [0.2, 0.25) is 0 Å². The van der Waals surface area contributed by atoms with Crippen molar-refractivity contribution in [3.05, 3.63) is 34.3 Å². The van der Waals surface area contributed by atoms with Crippen molar-refractivity contribution >= 4 is 15.9 Å². The molecule has 0 bridgehead atoms. The molecule has 1 aromatic carbocycles. The molecule has 0 aromatic heterocycles. The molecule has 2 N–H and O–H groups in total. The number of hydrogen-bond acceptors (Lipinski definition) is 2. The van der Waals surface area contributed by atoms with Gasteiger partial charge in [-0.25, -0.2) is 0 Å². The molecule has 1 aromatic rings. The van der Waals surface area contributed by atoms with E-state index in [0.29, 0.717) is 12.0 Å². The van der Waals surface area contributed by atoms with E-state index in [1.807, 2.05) is 0 Å². The summed E-state index contributed by atoms with van der Waals surface area (Å²) in [5, 5.41) is 13.5. The summed E-state index contributed by atoms with van der Waals surface area (Å²) < 4.78 is 1.17. The minimum Gasteiger partial charge on any atom is -0.389 e. The van der Waals surface area contributed by atoms with Gasteiger partial charge in [-0.3, -0.25) is 0 Å². The fraction of sp³-hybridized carbons (Fsp3) is 0.600. The van der Waals surface area contributed by atoms with E-state index < -0.39 is 0 Å². The minimum atomic E-state index is -0.388. The van der Waals surface area contributed by atoms with Gasteiger partial charge >= 0.3 is 0 Å². The van der Waals surface area contributed by atoms with E-state index in [1.165, 1.54) is 29.3 Å². The Balaban J connectivity index is 1.45. The van der Waals surface area contributed by atoms with Crippen LogP contribution in [0.25, 0.3) is 0 Å². The number of nitrogens with one attached hydrogen (secondary N) is 1. The first-order chi connectivity index (χ1) is 8.65. The highest BCUT2D eigenvalue weighted by atomic mass is 79.9. The van der Waals surface area contributed by atoms with Crippen molar-refractivity contribution in [1.29, 1.82) is 0 Å². The van der Waals surface area contributed by atoms with Crippen LogP contribution >= 0.6 is 15.9 Å². The molecule has 0 heterocycles. The molecule has 3 rings (SSSR count). The second kappa shape index (κ2) is 4.95. The van der Waals surface area contributed by atoms with Gasteiger partial charge in [-0.15, -0.1) is 0 Å². The van der Waals surface area contributed by atoms with Gasteiger partial charge < -0.3 is 10.4 Å². The second-order valence-electron chi connectivity index (χ2n) is 5.88. The van der Waals surface area contributed by atoms with E-state index in [0.717, 1.165) is 19.4 Å². The van der Waals surface area contributed by atoms with Crippen molar-refractivity contribution < 1.29 is 5.11 Å². The highest BCUT2D eigenvalue weighted by Crippen LogP contribution is 2.38. The van der Waals surface area contributed by atoms with E-state index in [1.54, 1.807) is 0 Å². The Kier molecular flexibility index (Phi) is 3.48. The third kappa shape index (κ3) is 2.63. The van der Waals surface area contributed by atoms with Crippen molar-refractivity contribution in [3.63, 3.8) is 0 Å². The third-order valence-corrected chi connectivity index (χ3v) is 4.96. The Morgan fingerprint density at radius 3 is 2.72 bits per heavy atom. The SMILES string of the molecule is OC1(CNC2CC(c3cccc(Br)c3)C2)CCC1. The zero-order valence-electron chi connectivity index (χ0n) is 10.5. The lowest BCUT2D eigenvalue weighted by Gasteiger charge is -2.42. The molecule has 0 amide bonds. The van der Waals surface area contributed by atoms with Gasteiger partial charge in [-0.1, -0.05) is 28.1 Å². The minimum absolute atomic E-state index is 0.388. The monoisotopic (exact) mass is 309 g/mol. The van der Waals surface area contributed by atoms with Crippen molar-refractivity contribution in [2.75, 3.05) is 6.54 Å². The van der Waals surface area contributed by atoms with Crippen molar-refractivity contribution in [2.24, 2.45) is 0 Å². The van der Waals surface area contributed by atoms with E-state index in [9.17, 15) is 5.11 Å². The standard InChI is InChI=1S/C15H20BrNO/c16-13-4-1-3-11(7-13)12-8-14(9-12)17-10-15(18)5-2-6-15/h1,3-4,7,12,14,17-18H,2,5-6,8-10H2. The van der Waals surface area contributed by atoms with Crippen molar-refractivity contribution in [1.82, 2.24) is 5.32 Å². The van der Waals surface area contributed by atoms with Gasteiger partial charge in [-0.05, 0) is 55.7 Å². The summed E-state index contributed by atoms with van der Waals surface area (Å²) in [5.74, 6) is 0.691. The van der Waals surface area contributed by atoms with Crippen LogP contribution in [0.4, 0.5) is 0 Å². The Morgan fingerprint density at radius 1 is 1.33 bits per heavy atom. The summed E-state index contributed by atoms with van der Waals surface area (Å²) in [5.41, 5.74) is 1.05. The fourth-order valence-electron chi connectivity index (χ4n) is 2.91. The smallest absolute Gasteiger partial charge is 0.0771 e. The number of benzene rings is 1. The maximum atomic E-state index is 10.0. The molecule has 0 saturated heterocycles. The highest BCUT2D eigenvalue weighted by molar-refractivity contribution is 9.10. The molecule has 2 aliphatic carbocycles. The molecular weight excluding hydrogens is 290 g/mol. The van der Waals surface area contributed by atoms with E-state index in [-0.39, 0.29) is 5.60 Å². The summed E-state index contributed by atoms with van der Waals surface area (Å²) in [6.45, 7) is 0.781. The van der Waals surface area contributed by atoms with Crippen LogP contribution in [-0.2, 0) is 0 Å². The summed E-state index contributed by atoms with van der Waals surface area (Å²) >= 11 is 3.52. The van der Waals surface area contributed by atoms with Crippen molar-refractivity contribution in [2.45, 2.75) is 49.7 Å². The molecule has 0 unspecified atom stereocenters. The fourth-order valence-corrected chi connectivity index (χ4v) is 3.33. The Hall–Kier alpha value is -0.380. The number of halogens is 1. The first-order valence-corrected chi connectivity index (χ1v) is 7.65. The Bertz CT molecular complexity index is 424. The summed E-state index contributed by atoms with van der Waals surface area (Å²) in [6, 6.07) is 9.21. The lowest BCUT2D eigenvalue weighted by molar-refractivity contribution is -0.0354. The van der Waals surface area contributed by atoms with Gasteiger partial charge in [-0.2, -0.15) is 0 Å². The van der Waals surface area contributed by atoms with E-state index in [2.05, 4.69) is 45.5 Å². The normalized spacial score (nSPS) is 29.4. The maximum absolute atomic E-state index is 10.0. The van der Waals surface area contributed by atoms with Crippen LogP contribution in [0.3, 0.4) is 0 Å². The molecule has 2 saturated carbocycles. The van der Waals surface area contributed by atoms with E-state index in [4.69, 9.17) is 0 Å². The maximum Gasteiger partial charge on any atom is 0.0771 e. The quantitative estimate of drug-likeness (QED) is 0.895. The zero-order valence-corrected chi connectivity index (χ0v) is 12.1. The van der Waals surface area contributed by atoms with Gasteiger partial charge in [0.1, 0.15) is 0 Å². The predicted octanol–water partition coefficient (Wildman–Crippen LogP) is 3.20. The molecule has 18 heavy (non-hydrogen) atoms. The lowest BCUT2D eigenvalue weighted by Crippen LogP contribution is -2.51. The molecule has 2 fully saturated rings. The van der Waals surface area contributed by atoms with Crippen LogP contribution in [0, 0.1) is 0 Å². The van der Waals surface area contributed by atoms with Gasteiger partial charge in [0.25, 0.3) is 0 Å². The first-order valence-electron chi connectivity index (χ1n) is 6.86. The van der Waals surface area contributed by atoms with Crippen molar-refractivity contribution in [3.8, 4) is 0 Å². The predicted molar refractivity (Wildman–Crippen MR) is 76.7 cm³/mol. The van der Waals surface area contributed by atoms with Gasteiger partial charge in [0.05, 0.1) is 5.60 Å². The second-order valence-corrected chi connectivity index (χ2v) is 6.79. The highest BCUT2D eigenvalue weighted by Gasteiger charge is 2.37.